The molecule has 0 radical (unpaired) electrons. The highest BCUT2D eigenvalue weighted by molar-refractivity contribution is 5.90. The largest absolute Gasteiger partial charge is 0.465 e. The van der Waals surface area contributed by atoms with Crippen molar-refractivity contribution >= 4 is 12.1 Å². The Morgan fingerprint density at radius 2 is 1.91 bits per heavy atom. The monoisotopic (exact) mass is 320 g/mol. The topological polar surface area (TPSA) is 76.7 Å². The molecule has 2 unspecified atom stereocenters. The summed E-state index contributed by atoms with van der Waals surface area (Å²) < 4.78 is 10.0. The maximum absolute atomic E-state index is 11.7. The van der Waals surface area contributed by atoms with Gasteiger partial charge in [-0.25, -0.2) is 9.59 Å². The third-order valence-corrected chi connectivity index (χ3v) is 3.47. The average molecular weight is 320 g/mol. The third kappa shape index (κ3) is 5.25. The molecule has 1 aromatic carbocycles. The van der Waals surface area contributed by atoms with Crippen molar-refractivity contribution in [1.82, 2.24) is 10.6 Å². The number of benzene rings is 1. The molecular formula is C17H24N2O4. The molecule has 6 nitrogen and oxygen atoms in total. The zero-order chi connectivity index (χ0) is 17.0. The fourth-order valence-corrected chi connectivity index (χ4v) is 2.26. The molecular weight excluding hydrogens is 296 g/mol. The number of ether oxygens (including phenoxy) is 2. The lowest BCUT2D eigenvalue weighted by Gasteiger charge is -2.19. The molecule has 1 fully saturated rings. The van der Waals surface area contributed by atoms with Gasteiger partial charge in [0.25, 0.3) is 0 Å². The number of carbonyl (C=O) groups is 2. The highest BCUT2D eigenvalue weighted by Gasteiger charge is 2.39. The lowest BCUT2D eigenvalue weighted by Crippen LogP contribution is -2.36. The van der Waals surface area contributed by atoms with Gasteiger partial charge in [0.1, 0.15) is 5.60 Å². The van der Waals surface area contributed by atoms with Crippen LogP contribution in [-0.4, -0.2) is 36.9 Å². The Kier molecular flexibility index (Phi) is 5.26. The van der Waals surface area contributed by atoms with Crippen LogP contribution in [0.15, 0.2) is 24.3 Å². The van der Waals surface area contributed by atoms with Crippen LogP contribution in [0.5, 0.6) is 0 Å². The van der Waals surface area contributed by atoms with Crippen LogP contribution in [0.3, 0.4) is 0 Å². The van der Waals surface area contributed by atoms with Crippen LogP contribution < -0.4 is 10.6 Å². The first-order chi connectivity index (χ1) is 10.8. The minimum atomic E-state index is -0.499. The van der Waals surface area contributed by atoms with E-state index in [4.69, 9.17) is 9.47 Å². The van der Waals surface area contributed by atoms with E-state index >= 15 is 0 Å². The number of amides is 1. The second kappa shape index (κ2) is 7.00. The van der Waals surface area contributed by atoms with Crippen molar-refractivity contribution in [3.63, 3.8) is 0 Å². The molecule has 0 aromatic heterocycles. The Hall–Kier alpha value is -2.08. The first kappa shape index (κ1) is 17.3. The molecule has 1 saturated carbocycles. The Balaban J connectivity index is 1.81. The van der Waals surface area contributed by atoms with Gasteiger partial charge in [-0.3, -0.25) is 0 Å². The number of nitrogens with one attached hydrogen (secondary N) is 2. The van der Waals surface area contributed by atoms with Gasteiger partial charge in [-0.1, -0.05) is 18.2 Å². The van der Waals surface area contributed by atoms with E-state index in [1.54, 1.807) is 12.1 Å². The van der Waals surface area contributed by atoms with Gasteiger partial charge in [0.15, 0.2) is 0 Å². The third-order valence-electron chi connectivity index (χ3n) is 3.47. The smallest absolute Gasteiger partial charge is 0.407 e. The van der Waals surface area contributed by atoms with Crippen molar-refractivity contribution in [2.24, 2.45) is 0 Å². The summed E-state index contributed by atoms with van der Waals surface area (Å²) in [5, 5.41) is 6.16. The number of esters is 1. The molecule has 0 spiro atoms. The summed E-state index contributed by atoms with van der Waals surface area (Å²) >= 11 is 0. The first-order valence-corrected chi connectivity index (χ1v) is 7.69. The van der Waals surface area contributed by atoms with Gasteiger partial charge in [0.05, 0.1) is 12.7 Å². The molecule has 1 aliphatic rings. The number of rotatable bonds is 5. The van der Waals surface area contributed by atoms with Crippen LogP contribution in [0.25, 0.3) is 0 Å². The van der Waals surface area contributed by atoms with Crippen LogP contribution >= 0.6 is 0 Å². The molecule has 2 N–H and O–H groups in total. The fraction of sp³-hybridized carbons (Fsp3) is 0.529. The molecule has 2 rings (SSSR count). The molecule has 2 atom stereocenters. The number of hydrogen-bond acceptors (Lipinski definition) is 5. The van der Waals surface area contributed by atoms with E-state index in [1.807, 2.05) is 32.9 Å². The van der Waals surface area contributed by atoms with E-state index in [0.717, 1.165) is 12.0 Å². The van der Waals surface area contributed by atoms with Crippen molar-refractivity contribution in [2.75, 3.05) is 7.11 Å². The predicted octanol–water partition coefficient (Wildman–Crippen LogP) is 2.23. The molecule has 0 aliphatic heterocycles. The van der Waals surface area contributed by atoms with Crippen LogP contribution in [0.4, 0.5) is 4.79 Å². The summed E-state index contributed by atoms with van der Waals surface area (Å²) in [6.07, 6.45) is 0.446. The molecule has 6 heteroatoms. The van der Waals surface area contributed by atoms with Gasteiger partial charge in [0, 0.05) is 18.6 Å². The van der Waals surface area contributed by atoms with Crippen LogP contribution in [0.2, 0.25) is 0 Å². The Morgan fingerprint density at radius 3 is 2.57 bits per heavy atom. The fourth-order valence-electron chi connectivity index (χ4n) is 2.26. The Morgan fingerprint density at radius 1 is 1.22 bits per heavy atom. The van der Waals surface area contributed by atoms with Gasteiger partial charge < -0.3 is 20.1 Å². The summed E-state index contributed by atoms with van der Waals surface area (Å²) in [6, 6.07) is 7.57. The molecule has 0 saturated heterocycles. The van der Waals surface area contributed by atoms with E-state index in [1.165, 1.54) is 7.11 Å². The lowest BCUT2D eigenvalue weighted by molar-refractivity contribution is 0.0521. The van der Waals surface area contributed by atoms with E-state index in [-0.39, 0.29) is 18.1 Å². The van der Waals surface area contributed by atoms with E-state index in [2.05, 4.69) is 10.6 Å². The highest BCUT2D eigenvalue weighted by atomic mass is 16.6. The van der Waals surface area contributed by atoms with E-state index in [9.17, 15) is 9.59 Å². The van der Waals surface area contributed by atoms with Crippen molar-refractivity contribution in [1.29, 1.82) is 0 Å². The second-order valence-corrected chi connectivity index (χ2v) is 6.62. The molecule has 126 valence electrons. The summed E-state index contributed by atoms with van der Waals surface area (Å²) in [5.74, 6) is -0.346. The van der Waals surface area contributed by atoms with Gasteiger partial charge in [0.2, 0.25) is 0 Å². The molecule has 1 amide bonds. The Bertz CT molecular complexity index is 580. The van der Waals surface area contributed by atoms with Crippen LogP contribution in [0.1, 0.15) is 43.1 Å². The van der Waals surface area contributed by atoms with Gasteiger partial charge >= 0.3 is 12.1 Å². The van der Waals surface area contributed by atoms with Crippen LogP contribution in [-0.2, 0) is 16.0 Å². The summed E-state index contributed by atoms with van der Waals surface area (Å²) in [6.45, 7) is 6.04. The zero-order valence-electron chi connectivity index (χ0n) is 14.0. The number of carbonyl (C=O) groups excluding carboxylic acids is 2. The minimum absolute atomic E-state index is 0.0649. The van der Waals surface area contributed by atoms with Crippen molar-refractivity contribution < 1.29 is 19.1 Å². The minimum Gasteiger partial charge on any atom is -0.465 e. The predicted molar refractivity (Wildman–Crippen MR) is 86.2 cm³/mol. The van der Waals surface area contributed by atoms with Gasteiger partial charge in [-0.05, 0) is 38.8 Å². The van der Waals surface area contributed by atoms with E-state index in [0.29, 0.717) is 12.1 Å². The van der Waals surface area contributed by atoms with Gasteiger partial charge in [-0.2, -0.15) is 0 Å². The van der Waals surface area contributed by atoms with Gasteiger partial charge in [-0.15, -0.1) is 0 Å². The SMILES string of the molecule is COC(=O)c1ccccc1CNC1CC1NC(=O)OC(C)(C)C. The average Bonchev–Trinajstić information content (AvgIpc) is 3.20. The van der Waals surface area contributed by atoms with Crippen molar-refractivity contribution in [3.05, 3.63) is 35.4 Å². The quantitative estimate of drug-likeness (QED) is 0.814. The summed E-state index contributed by atoms with van der Waals surface area (Å²) in [5.41, 5.74) is 0.934. The number of hydrogen-bond donors (Lipinski definition) is 2. The second-order valence-electron chi connectivity index (χ2n) is 6.62. The lowest BCUT2D eigenvalue weighted by atomic mass is 10.1. The van der Waals surface area contributed by atoms with Crippen molar-refractivity contribution in [2.45, 2.75) is 51.4 Å². The maximum atomic E-state index is 11.7. The first-order valence-electron chi connectivity index (χ1n) is 7.69. The Labute approximate surface area is 136 Å². The van der Waals surface area contributed by atoms with Crippen LogP contribution in [0, 0.1) is 0 Å². The standard InChI is InChI=1S/C17H24N2O4/c1-17(2,3)23-16(21)19-14-9-13(14)18-10-11-7-5-6-8-12(11)15(20)22-4/h5-8,13-14,18H,9-10H2,1-4H3,(H,19,21). The summed E-state index contributed by atoms with van der Waals surface area (Å²) in [7, 11) is 1.37. The zero-order valence-corrected chi connectivity index (χ0v) is 14.0. The summed E-state index contributed by atoms with van der Waals surface area (Å²) in [4.78, 5) is 23.4. The molecule has 23 heavy (non-hydrogen) atoms. The molecule has 0 heterocycles. The number of methoxy groups -OCH3 is 1. The normalized spacial score (nSPS) is 19.8. The molecule has 1 aliphatic carbocycles. The highest BCUT2D eigenvalue weighted by Crippen LogP contribution is 2.23. The molecule has 1 aromatic rings. The van der Waals surface area contributed by atoms with E-state index < -0.39 is 11.7 Å². The maximum Gasteiger partial charge on any atom is 0.407 e. The number of alkyl carbamates (subject to hydrolysis) is 1. The van der Waals surface area contributed by atoms with Crippen molar-refractivity contribution in [3.8, 4) is 0 Å². The molecule has 0 bridgehead atoms.